The number of carbonyl (C=O) groups excluding carboxylic acids is 2. The van der Waals surface area contributed by atoms with Gasteiger partial charge in [-0.15, -0.1) is 0 Å². The maximum absolute atomic E-state index is 11.7. The lowest BCUT2D eigenvalue weighted by atomic mass is 10.3. The van der Waals surface area contributed by atoms with Gasteiger partial charge in [-0.1, -0.05) is 34.8 Å². The zero-order valence-electron chi connectivity index (χ0n) is 13.6. The van der Waals surface area contributed by atoms with Crippen LogP contribution in [-0.4, -0.2) is 25.1 Å². The van der Waals surface area contributed by atoms with E-state index < -0.39 is 11.9 Å². The summed E-state index contributed by atoms with van der Waals surface area (Å²) in [6, 6.07) is 11.5. The number of rotatable bonds is 8. The molecule has 0 aliphatic heterocycles. The largest absolute Gasteiger partial charge is 0.492 e. The van der Waals surface area contributed by atoms with Gasteiger partial charge in [-0.25, -0.2) is 0 Å². The second-order valence-corrected chi connectivity index (χ2v) is 6.52. The highest BCUT2D eigenvalue weighted by molar-refractivity contribution is 6.35. The van der Waals surface area contributed by atoms with Crippen molar-refractivity contribution in [3.63, 3.8) is 0 Å². The van der Waals surface area contributed by atoms with Crippen LogP contribution >= 0.6 is 34.8 Å². The van der Waals surface area contributed by atoms with Crippen LogP contribution < -0.4 is 10.1 Å². The van der Waals surface area contributed by atoms with Crippen molar-refractivity contribution in [1.29, 1.82) is 0 Å². The molecule has 0 unspecified atom stereocenters. The molecule has 2 rings (SSSR count). The van der Waals surface area contributed by atoms with Crippen molar-refractivity contribution in [1.82, 2.24) is 0 Å². The minimum atomic E-state index is -0.484. The molecular weight excluding hydrogens is 401 g/mol. The molecule has 2 aromatic carbocycles. The molecule has 0 heterocycles. The molecule has 0 aliphatic rings. The minimum absolute atomic E-state index is 0.124. The van der Waals surface area contributed by atoms with Gasteiger partial charge in [0.15, 0.2) is 6.61 Å². The van der Waals surface area contributed by atoms with Crippen LogP contribution in [0.25, 0.3) is 0 Å². The zero-order valence-corrected chi connectivity index (χ0v) is 15.9. The summed E-state index contributed by atoms with van der Waals surface area (Å²) in [7, 11) is 0. The number of esters is 1. The third-order valence-electron chi connectivity index (χ3n) is 3.17. The first-order valence-corrected chi connectivity index (χ1v) is 8.86. The average molecular weight is 417 g/mol. The summed E-state index contributed by atoms with van der Waals surface area (Å²) in [5.74, 6) is -0.418. The predicted octanol–water partition coefficient (Wildman–Crippen LogP) is 4.99. The van der Waals surface area contributed by atoms with Gasteiger partial charge in [-0.05, 0) is 48.9 Å². The Balaban J connectivity index is 1.62. The van der Waals surface area contributed by atoms with Gasteiger partial charge in [0.25, 0.3) is 5.91 Å². The maximum Gasteiger partial charge on any atom is 0.306 e. The first-order chi connectivity index (χ1) is 12.4. The summed E-state index contributed by atoms with van der Waals surface area (Å²) in [5, 5.41) is 4.08. The van der Waals surface area contributed by atoms with E-state index in [1.54, 1.807) is 42.5 Å². The van der Waals surface area contributed by atoms with Crippen LogP contribution in [0, 0.1) is 0 Å². The number of benzene rings is 2. The van der Waals surface area contributed by atoms with Crippen molar-refractivity contribution in [3.8, 4) is 5.75 Å². The van der Waals surface area contributed by atoms with Crippen molar-refractivity contribution in [2.75, 3.05) is 18.5 Å². The van der Waals surface area contributed by atoms with Crippen LogP contribution in [-0.2, 0) is 14.3 Å². The van der Waals surface area contributed by atoms with Gasteiger partial charge in [0.2, 0.25) is 0 Å². The van der Waals surface area contributed by atoms with Crippen molar-refractivity contribution in [2.24, 2.45) is 0 Å². The molecule has 0 atom stereocenters. The van der Waals surface area contributed by atoms with Gasteiger partial charge in [0.1, 0.15) is 5.75 Å². The van der Waals surface area contributed by atoms with Crippen LogP contribution in [0.5, 0.6) is 5.75 Å². The SMILES string of the molecule is O=C(COC(=O)CCCOc1ccc(Cl)cc1Cl)Nc1ccc(Cl)cc1. The number of carbonyl (C=O) groups is 2. The lowest BCUT2D eigenvalue weighted by Gasteiger charge is -2.09. The van der Waals surface area contributed by atoms with Crippen LogP contribution in [0.3, 0.4) is 0 Å². The summed E-state index contributed by atoms with van der Waals surface area (Å²) in [4.78, 5) is 23.4. The molecule has 1 amide bonds. The Morgan fingerprint density at radius 2 is 1.65 bits per heavy atom. The summed E-state index contributed by atoms with van der Waals surface area (Å²) in [5.41, 5.74) is 0.573. The van der Waals surface area contributed by atoms with Crippen molar-refractivity contribution in [2.45, 2.75) is 12.8 Å². The van der Waals surface area contributed by atoms with E-state index in [0.717, 1.165) is 0 Å². The molecule has 1 N–H and O–H groups in total. The fourth-order valence-electron chi connectivity index (χ4n) is 1.94. The van der Waals surface area contributed by atoms with Crippen LogP contribution in [0.1, 0.15) is 12.8 Å². The number of hydrogen-bond acceptors (Lipinski definition) is 4. The molecule has 0 spiro atoms. The number of hydrogen-bond donors (Lipinski definition) is 1. The topological polar surface area (TPSA) is 64.6 Å². The van der Waals surface area contributed by atoms with Gasteiger partial charge >= 0.3 is 5.97 Å². The minimum Gasteiger partial charge on any atom is -0.492 e. The Labute approximate surface area is 166 Å². The standard InChI is InChI=1S/C18H16Cl3NO4/c19-12-3-6-14(7-4-12)22-17(23)11-26-18(24)2-1-9-25-16-8-5-13(20)10-15(16)21/h3-8,10H,1-2,9,11H2,(H,22,23). The quantitative estimate of drug-likeness (QED) is 0.486. The summed E-state index contributed by atoms with van der Waals surface area (Å²) in [6.45, 7) is -0.0707. The number of anilines is 1. The third kappa shape index (κ3) is 7.12. The van der Waals surface area contributed by atoms with E-state index in [9.17, 15) is 9.59 Å². The first-order valence-electron chi connectivity index (χ1n) is 7.73. The molecule has 8 heteroatoms. The van der Waals surface area contributed by atoms with Crippen LogP contribution in [0.2, 0.25) is 15.1 Å². The van der Waals surface area contributed by atoms with Gasteiger partial charge < -0.3 is 14.8 Å². The third-order valence-corrected chi connectivity index (χ3v) is 3.95. The highest BCUT2D eigenvalue weighted by Gasteiger charge is 2.09. The van der Waals surface area contributed by atoms with E-state index >= 15 is 0 Å². The molecule has 0 radical (unpaired) electrons. The molecule has 0 saturated carbocycles. The molecule has 0 aromatic heterocycles. The van der Waals surface area contributed by atoms with E-state index in [-0.39, 0.29) is 19.6 Å². The Morgan fingerprint density at radius 1 is 0.962 bits per heavy atom. The highest BCUT2D eigenvalue weighted by atomic mass is 35.5. The molecule has 0 bridgehead atoms. The highest BCUT2D eigenvalue weighted by Crippen LogP contribution is 2.27. The Bertz CT molecular complexity index is 766. The van der Waals surface area contributed by atoms with Crippen LogP contribution in [0.15, 0.2) is 42.5 Å². The monoisotopic (exact) mass is 415 g/mol. The smallest absolute Gasteiger partial charge is 0.306 e. The summed E-state index contributed by atoms with van der Waals surface area (Å²) in [6.07, 6.45) is 0.552. The predicted molar refractivity (Wildman–Crippen MR) is 102 cm³/mol. The Hall–Kier alpha value is -1.95. The number of ether oxygens (including phenoxy) is 2. The number of halogens is 3. The molecule has 5 nitrogen and oxygen atoms in total. The molecule has 0 fully saturated rings. The van der Waals surface area contributed by atoms with Crippen molar-refractivity contribution in [3.05, 3.63) is 57.5 Å². The molecular formula is C18H16Cl3NO4. The van der Waals surface area contributed by atoms with Crippen molar-refractivity contribution < 1.29 is 19.1 Å². The fraction of sp³-hybridized carbons (Fsp3) is 0.222. The lowest BCUT2D eigenvalue weighted by Crippen LogP contribution is -2.21. The number of amides is 1. The zero-order chi connectivity index (χ0) is 18.9. The fourth-order valence-corrected chi connectivity index (χ4v) is 2.53. The van der Waals surface area contributed by atoms with Crippen LogP contribution in [0.4, 0.5) is 5.69 Å². The first kappa shape index (κ1) is 20.4. The van der Waals surface area contributed by atoms with Gasteiger partial charge in [0.05, 0.1) is 11.6 Å². The summed E-state index contributed by atoms with van der Waals surface area (Å²) >= 11 is 17.5. The second kappa shape index (κ2) is 10.3. The van der Waals surface area contributed by atoms with E-state index in [1.807, 2.05) is 0 Å². The second-order valence-electron chi connectivity index (χ2n) is 5.24. The van der Waals surface area contributed by atoms with E-state index in [4.69, 9.17) is 44.3 Å². The molecule has 0 saturated heterocycles. The Kier molecular flexibility index (Phi) is 8.04. The number of nitrogens with one attached hydrogen (secondary N) is 1. The van der Waals surface area contributed by atoms with E-state index in [0.29, 0.717) is 32.9 Å². The normalized spacial score (nSPS) is 10.3. The van der Waals surface area contributed by atoms with Gasteiger partial charge in [-0.3, -0.25) is 9.59 Å². The molecule has 2 aromatic rings. The van der Waals surface area contributed by atoms with Gasteiger partial charge in [-0.2, -0.15) is 0 Å². The molecule has 138 valence electrons. The maximum atomic E-state index is 11.7. The average Bonchev–Trinajstić information content (AvgIpc) is 2.60. The van der Waals surface area contributed by atoms with Crippen molar-refractivity contribution >= 4 is 52.4 Å². The molecule has 26 heavy (non-hydrogen) atoms. The van der Waals surface area contributed by atoms with E-state index in [2.05, 4.69) is 5.32 Å². The van der Waals surface area contributed by atoms with E-state index in [1.165, 1.54) is 0 Å². The lowest BCUT2D eigenvalue weighted by molar-refractivity contribution is -0.147. The van der Waals surface area contributed by atoms with Gasteiger partial charge in [0, 0.05) is 22.2 Å². The Morgan fingerprint density at radius 3 is 2.35 bits per heavy atom. The molecule has 0 aliphatic carbocycles. The summed E-state index contributed by atoms with van der Waals surface area (Å²) < 4.78 is 10.4.